The number of hydrogen-bond acceptors (Lipinski definition) is 13. The van der Waals surface area contributed by atoms with Crippen LogP contribution in [0.15, 0.2) is 41.2 Å². The number of nitrogens with zero attached hydrogens (tertiary/aromatic N) is 7. The molecule has 3 aromatic heterocycles. The first kappa shape index (κ1) is 35.3. The van der Waals surface area contributed by atoms with Crippen molar-refractivity contribution >= 4 is 29.2 Å². The minimum atomic E-state index is -4.77. The third-order valence-corrected chi connectivity index (χ3v) is 9.02. The average Bonchev–Trinajstić information content (AvgIpc) is 3.69. The number of amides is 1. The first-order valence-electron chi connectivity index (χ1n) is 16.2. The lowest BCUT2D eigenvalue weighted by atomic mass is 9.86. The van der Waals surface area contributed by atoms with Crippen molar-refractivity contribution in [3.05, 3.63) is 59.3 Å². The van der Waals surface area contributed by atoms with Crippen molar-refractivity contribution in [2.24, 2.45) is 0 Å². The lowest BCUT2D eigenvalue weighted by Gasteiger charge is -2.35. The van der Waals surface area contributed by atoms with Gasteiger partial charge in [-0.05, 0) is 51.0 Å². The van der Waals surface area contributed by atoms with Crippen molar-refractivity contribution in [3.8, 4) is 23.1 Å². The van der Waals surface area contributed by atoms with Crippen molar-refractivity contribution in [1.29, 1.82) is 0 Å². The zero-order valence-corrected chi connectivity index (χ0v) is 28.7. The number of fused-ring (bicyclic) bond motifs is 1. The summed E-state index contributed by atoms with van der Waals surface area (Å²) in [6.45, 7) is 6.78. The minimum Gasteiger partial charge on any atom is -0.497 e. The highest BCUT2D eigenvalue weighted by molar-refractivity contribution is 6.08. The fourth-order valence-corrected chi connectivity index (χ4v) is 6.45. The quantitative estimate of drug-likeness (QED) is 0.161. The summed E-state index contributed by atoms with van der Waals surface area (Å²) < 4.78 is 60.4. The van der Waals surface area contributed by atoms with Crippen LogP contribution < -0.4 is 24.6 Å². The van der Waals surface area contributed by atoms with Crippen molar-refractivity contribution < 1.29 is 41.5 Å². The van der Waals surface area contributed by atoms with Crippen LogP contribution in [0.4, 0.5) is 30.5 Å². The lowest BCUT2D eigenvalue weighted by molar-refractivity contribution is -0.146. The monoisotopic (exact) mass is 710 g/mol. The van der Waals surface area contributed by atoms with Crippen LogP contribution in [0.2, 0.25) is 0 Å². The Morgan fingerprint density at radius 3 is 2.47 bits per heavy atom. The molecule has 270 valence electrons. The van der Waals surface area contributed by atoms with Gasteiger partial charge in [-0.2, -0.15) is 18.2 Å². The van der Waals surface area contributed by atoms with Gasteiger partial charge in [-0.1, -0.05) is 5.16 Å². The van der Waals surface area contributed by atoms with E-state index in [1.807, 2.05) is 26.0 Å². The number of methoxy groups -OCH3 is 2. The van der Waals surface area contributed by atoms with Crippen LogP contribution in [-0.2, 0) is 32.5 Å². The van der Waals surface area contributed by atoms with Gasteiger partial charge in [0.15, 0.2) is 0 Å². The molecule has 4 aromatic rings. The fraction of sp³-hybridized carbons (Fsp3) is 0.441. The number of rotatable bonds is 11. The van der Waals surface area contributed by atoms with Gasteiger partial charge in [0.25, 0.3) is 11.7 Å². The topological polar surface area (TPSA) is 158 Å². The summed E-state index contributed by atoms with van der Waals surface area (Å²) in [5, 5.41) is 6.29. The number of anilines is 3. The number of piperidine rings is 1. The molecular weight excluding hydrogens is 673 g/mol. The van der Waals surface area contributed by atoms with Crippen LogP contribution in [-0.4, -0.2) is 77.4 Å². The van der Waals surface area contributed by atoms with Gasteiger partial charge in [-0.3, -0.25) is 14.5 Å². The Bertz CT molecular complexity index is 1930. The van der Waals surface area contributed by atoms with Gasteiger partial charge in [0.05, 0.1) is 43.1 Å². The number of pyridine rings is 1. The molecule has 1 fully saturated rings. The van der Waals surface area contributed by atoms with Gasteiger partial charge in [0.1, 0.15) is 41.8 Å². The Morgan fingerprint density at radius 1 is 1.06 bits per heavy atom. The molecule has 0 atom stereocenters. The second-order valence-corrected chi connectivity index (χ2v) is 12.7. The zero-order chi connectivity index (χ0) is 36.5. The van der Waals surface area contributed by atoms with Crippen LogP contribution in [0.5, 0.6) is 11.5 Å². The third-order valence-electron chi connectivity index (χ3n) is 9.02. The summed E-state index contributed by atoms with van der Waals surface area (Å²) in [5.41, 5.74) is 1.94. The largest absolute Gasteiger partial charge is 0.497 e. The smallest absolute Gasteiger partial charge is 0.455 e. The van der Waals surface area contributed by atoms with Gasteiger partial charge in [-0.25, -0.2) is 15.0 Å². The Balaban J connectivity index is 1.25. The molecule has 2 aliphatic rings. The molecule has 51 heavy (non-hydrogen) atoms. The maximum atomic E-state index is 13.9. The van der Waals surface area contributed by atoms with E-state index in [0.717, 1.165) is 11.1 Å². The van der Waals surface area contributed by atoms with Crippen molar-refractivity contribution in [1.82, 2.24) is 25.1 Å². The summed E-state index contributed by atoms with van der Waals surface area (Å²) in [6.07, 6.45) is -2.10. The van der Waals surface area contributed by atoms with E-state index in [-0.39, 0.29) is 36.6 Å². The highest BCUT2D eigenvalue weighted by atomic mass is 19.4. The summed E-state index contributed by atoms with van der Waals surface area (Å²) >= 11 is 0. The number of nitrogens with one attached hydrogen (secondary N) is 1. The molecule has 0 spiro atoms. The van der Waals surface area contributed by atoms with E-state index in [1.54, 1.807) is 31.3 Å². The number of carbonyl (C=O) groups excluding carboxylic acids is 2. The highest BCUT2D eigenvalue weighted by Gasteiger charge is 2.48. The van der Waals surface area contributed by atoms with E-state index in [1.165, 1.54) is 19.3 Å². The zero-order valence-electron chi connectivity index (χ0n) is 28.7. The fourth-order valence-electron chi connectivity index (χ4n) is 6.45. The van der Waals surface area contributed by atoms with Crippen LogP contribution >= 0.6 is 0 Å². The molecule has 17 heteroatoms. The first-order valence-corrected chi connectivity index (χ1v) is 16.2. The molecule has 1 aromatic carbocycles. The van der Waals surface area contributed by atoms with E-state index in [9.17, 15) is 22.8 Å². The van der Waals surface area contributed by atoms with Crippen LogP contribution in [0, 0.1) is 0 Å². The molecule has 2 aliphatic heterocycles. The standard InChI is InChI=1S/C34H37F3N8O6/c1-19(46)50-15-12-38-23-8-9-24(30-42-31(43-51-30)34(35,36)37)41-27(23)20-10-13-44(14-11-20)28-26-29(40-18-39-28)45(32(47)33(26,2)3)17-21-6-7-22(48-4)16-25(21)49-5/h6-9,16,18,20,38H,10-15,17H2,1-5H3. The normalized spacial score (nSPS) is 15.9. The number of halogens is 3. The van der Waals surface area contributed by atoms with Crippen LogP contribution in [0.3, 0.4) is 0 Å². The number of carbonyl (C=O) groups is 2. The number of alkyl halides is 3. The maximum absolute atomic E-state index is 13.9. The Labute approximate surface area is 291 Å². The summed E-state index contributed by atoms with van der Waals surface area (Å²) in [6, 6.07) is 8.63. The predicted octanol–water partition coefficient (Wildman–Crippen LogP) is 5.14. The van der Waals surface area contributed by atoms with E-state index in [4.69, 9.17) is 23.7 Å². The van der Waals surface area contributed by atoms with Gasteiger partial charge in [-0.15, -0.1) is 0 Å². The SMILES string of the molecule is COc1ccc(CN2C(=O)C(C)(C)c3c(N4CCC(c5nc(-c6nc(C(F)(F)F)no6)ccc5NCCOC(C)=O)CC4)ncnc32)c(OC)c1. The Morgan fingerprint density at radius 2 is 1.80 bits per heavy atom. The molecule has 0 unspecified atom stereocenters. The Hall–Kier alpha value is -5.48. The molecular formula is C34H37F3N8O6. The number of ether oxygens (including phenoxy) is 3. The van der Waals surface area contributed by atoms with E-state index < -0.39 is 23.4 Å². The Kier molecular flexibility index (Phi) is 9.73. The molecule has 1 saturated heterocycles. The predicted molar refractivity (Wildman–Crippen MR) is 178 cm³/mol. The number of hydrogen-bond donors (Lipinski definition) is 1. The molecule has 1 N–H and O–H groups in total. The molecule has 5 heterocycles. The molecule has 0 saturated carbocycles. The maximum Gasteiger partial charge on any atom is 0.455 e. The third kappa shape index (κ3) is 7.09. The number of aromatic nitrogens is 5. The van der Waals surface area contributed by atoms with Gasteiger partial charge < -0.3 is 29.0 Å². The molecule has 0 bridgehead atoms. The van der Waals surface area contributed by atoms with Crippen LogP contribution in [0.1, 0.15) is 62.2 Å². The molecule has 6 rings (SSSR count). The van der Waals surface area contributed by atoms with Crippen molar-refractivity contribution in [2.75, 3.05) is 55.6 Å². The second-order valence-electron chi connectivity index (χ2n) is 12.7. The molecule has 0 radical (unpaired) electrons. The van der Waals surface area contributed by atoms with Crippen molar-refractivity contribution in [2.45, 2.75) is 57.7 Å². The molecule has 1 amide bonds. The number of esters is 1. The van der Waals surface area contributed by atoms with Crippen LogP contribution in [0.25, 0.3) is 11.6 Å². The lowest BCUT2D eigenvalue weighted by Crippen LogP contribution is -2.38. The number of benzene rings is 1. The van der Waals surface area contributed by atoms with E-state index in [0.29, 0.717) is 67.0 Å². The average molecular weight is 711 g/mol. The first-order chi connectivity index (χ1) is 24.3. The summed E-state index contributed by atoms with van der Waals surface area (Å²) in [7, 11) is 3.14. The van der Waals surface area contributed by atoms with Crippen molar-refractivity contribution in [3.63, 3.8) is 0 Å². The van der Waals surface area contributed by atoms with Gasteiger partial charge in [0, 0.05) is 44.1 Å². The highest BCUT2D eigenvalue weighted by Crippen LogP contribution is 2.47. The van der Waals surface area contributed by atoms with Gasteiger partial charge in [0.2, 0.25) is 5.91 Å². The summed E-state index contributed by atoms with van der Waals surface area (Å²) in [5.74, 6) is 0.00894. The van der Waals surface area contributed by atoms with Gasteiger partial charge >= 0.3 is 12.1 Å². The molecule has 0 aliphatic carbocycles. The minimum absolute atomic E-state index is 0.100. The second kappa shape index (κ2) is 14.0. The summed E-state index contributed by atoms with van der Waals surface area (Å²) in [4.78, 5) is 46.4. The van der Waals surface area contributed by atoms with E-state index >= 15 is 0 Å². The molecule has 14 nitrogen and oxygen atoms in total. The van der Waals surface area contributed by atoms with E-state index in [2.05, 4.69) is 30.3 Å².